The van der Waals surface area contributed by atoms with Gasteiger partial charge in [-0.25, -0.2) is 0 Å². The Hall–Kier alpha value is -1.42. The Labute approximate surface area is 89.1 Å². The highest BCUT2D eigenvalue weighted by Gasteiger charge is 2.31. The summed E-state index contributed by atoms with van der Waals surface area (Å²) in [5, 5.41) is 0. The number of carbonyl (C=O) groups is 1. The van der Waals surface area contributed by atoms with Gasteiger partial charge >= 0.3 is 0 Å². The van der Waals surface area contributed by atoms with Gasteiger partial charge in [0.25, 0.3) is 0 Å². The van der Waals surface area contributed by atoms with E-state index in [-0.39, 0.29) is 12.5 Å². The van der Waals surface area contributed by atoms with Gasteiger partial charge < -0.3 is 10.6 Å². The molecule has 1 aromatic rings. The van der Waals surface area contributed by atoms with Crippen LogP contribution in [0.4, 0.5) is 0 Å². The lowest BCUT2D eigenvalue weighted by atomic mass is 10.2. The van der Waals surface area contributed by atoms with Gasteiger partial charge in [0.1, 0.15) is 0 Å². The second-order valence-corrected chi connectivity index (χ2v) is 3.81. The Bertz CT molecular complexity index is 335. The number of pyridine rings is 1. The van der Waals surface area contributed by atoms with Gasteiger partial charge in [0.05, 0.1) is 6.54 Å². The molecule has 80 valence electrons. The fraction of sp³-hybridized carbons (Fsp3) is 0.455. The number of hydrogen-bond donors (Lipinski definition) is 1. The molecule has 1 aliphatic carbocycles. The Kier molecular flexibility index (Phi) is 2.97. The fourth-order valence-electron chi connectivity index (χ4n) is 1.61. The van der Waals surface area contributed by atoms with Crippen molar-refractivity contribution in [2.24, 2.45) is 5.73 Å². The highest BCUT2D eigenvalue weighted by Crippen LogP contribution is 2.28. The van der Waals surface area contributed by atoms with Crippen LogP contribution in [0, 0.1) is 0 Å². The summed E-state index contributed by atoms with van der Waals surface area (Å²) in [4.78, 5) is 17.4. The first-order valence-electron chi connectivity index (χ1n) is 5.19. The first-order chi connectivity index (χ1) is 7.31. The second kappa shape index (κ2) is 4.40. The van der Waals surface area contributed by atoms with Crippen LogP contribution in [0.25, 0.3) is 0 Å². The molecule has 4 heteroatoms. The highest BCUT2D eigenvalue weighted by molar-refractivity contribution is 5.78. The van der Waals surface area contributed by atoms with Crippen molar-refractivity contribution in [3.63, 3.8) is 0 Å². The molecule has 0 aromatic carbocycles. The van der Waals surface area contributed by atoms with Crippen molar-refractivity contribution in [1.29, 1.82) is 0 Å². The number of carbonyl (C=O) groups excluding carboxylic acids is 1. The molecule has 0 unspecified atom stereocenters. The molecule has 2 N–H and O–H groups in total. The summed E-state index contributed by atoms with van der Waals surface area (Å²) in [5.74, 6) is 0.0364. The van der Waals surface area contributed by atoms with E-state index in [1.165, 1.54) is 0 Å². The summed E-state index contributed by atoms with van der Waals surface area (Å²) in [6.07, 6.45) is 5.70. The zero-order valence-electron chi connectivity index (χ0n) is 8.60. The lowest BCUT2D eigenvalue weighted by molar-refractivity contribution is -0.130. The van der Waals surface area contributed by atoms with Crippen LogP contribution in [0.2, 0.25) is 0 Å². The fourth-order valence-corrected chi connectivity index (χ4v) is 1.61. The molecule has 0 aliphatic heterocycles. The van der Waals surface area contributed by atoms with E-state index >= 15 is 0 Å². The number of aromatic nitrogens is 1. The van der Waals surface area contributed by atoms with Gasteiger partial charge in [0.15, 0.2) is 0 Å². The third kappa shape index (κ3) is 2.53. The van der Waals surface area contributed by atoms with E-state index in [0.29, 0.717) is 12.6 Å². The Balaban J connectivity index is 2.04. The minimum atomic E-state index is 0.0364. The number of nitrogens with two attached hydrogens (primary N) is 1. The third-order valence-electron chi connectivity index (χ3n) is 2.58. The van der Waals surface area contributed by atoms with E-state index < -0.39 is 0 Å². The average molecular weight is 205 g/mol. The highest BCUT2D eigenvalue weighted by atomic mass is 16.2. The minimum Gasteiger partial charge on any atom is -0.334 e. The molecule has 4 nitrogen and oxygen atoms in total. The largest absolute Gasteiger partial charge is 0.334 e. The van der Waals surface area contributed by atoms with E-state index in [9.17, 15) is 4.79 Å². The molecule has 0 bridgehead atoms. The lowest BCUT2D eigenvalue weighted by Gasteiger charge is -2.21. The molecule has 1 saturated carbocycles. The molecule has 0 spiro atoms. The van der Waals surface area contributed by atoms with Crippen LogP contribution in [-0.4, -0.2) is 28.4 Å². The molecule has 2 rings (SSSR count). The second-order valence-electron chi connectivity index (χ2n) is 3.81. The van der Waals surface area contributed by atoms with Gasteiger partial charge in [-0.05, 0) is 30.5 Å². The molecule has 0 saturated heterocycles. The molecule has 1 aromatic heterocycles. The Morgan fingerprint density at radius 1 is 1.47 bits per heavy atom. The van der Waals surface area contributed by atoms with E-state index in [1.807, 2.05) is 17.0 Å². The van der Waals surface area contributed by atoms with Gasteiger partial charge in [0, 0.05) is 25.0 Å². The van der Waals surface area contributed by atoms with E-state index in [4.69, 9.17) is 5.73 Å². The summed E-state index contributed by atoms with van der Waals surface area (Å²) in [5.41, 5.74) is 6.50. The minimum absolute atomic E-state index is 0.0364. The average Bonchev–Trinajstić information content (AvgIpc) is 3.10. The molecular weight excluding hydrogens is 190 g/mol. The number of rotatable bonds is 4. The van der Waals surface area contributed by atoms with Crippen molar-refractivity contribution in [2.45, 2.75) is 25.4 Å². The maximum Gasteiger partial charge on any atom is 0.236 e. The molecule has 0 radical (unpaired) electrons. The van der Waals surface area contributed by atoms with Crippen LogP contribution in [0.3, 0.4) is 0 Å². The first kappa shape index (κ1) is 10.1. The maximum atomic E-state index is 11.6. The number of amides is 1. The predicted molar refractivity (Wildman–Crippen MR) is 56.9 cm³/mol. The van der Waals surface area contributed by atoms with Crippen molar-refractivity contribution < 1.29 is 4.79 Å². The van der Waals surface area contributed by atoms with Crippen molar-refractivity contribution in [3.05, 3.63) is 30.1 Å². The van der Waals surface area contributed by atoms with Crippen molar-refractivity contribution in [1.82, 2.24) is 9.88 Å². The number of hydrogen-bond acceptors (Lipinski definition) is 3. The Morgan fingerprint density at radius 2 is 2.13 bits per heavy atom. The van der Waals surface area contributed by atoms with E-state index in [1.54, 1.807) is 12.4 Å². The summed E-state index contributed by atoms with van der Waals surface area (Å²) in [6, 6.07) is 4.27. The van der Waals surface area contributed by atoms with Crippen molar-refractivity contribution >= 4 is 5.91 Å². The molecule has 15 heavy (non-hydrogen) atoms. The van der Waals surface area contributed by atoms with Crippen molar-refractivity contribution in [3.8, 4) is 0 Å². The van der Waals surface area contributed by atoms with Crippen LogP contribution in [0.15, 0.2) is 24.5 Å². The zero-order valence-corrected chi connectivity index (χ0v) is 8.60. The summed E-state index contributed by atoms with van der Waals surface area (Å²) >= 11 is 0. The number of nitrogens with zero attached hydrogens (tertiary/aromatic N) is 2. The molecular formula is C11H15N3O. The van der Waals surface area contributed by atoms with E-state index in [2.05, 4.69) is 4.98 Å². The quantitative estimate of drug-likeness (QED) is 0.780. The summed E-state index contributed by atoms with van der Waals surface area (Å²) < 4.78 is 0. The summed E-state index contributed by atoms with van der Waals surface area (Å²) in [7, 11) is 0. The van der Waals surface area contributed by atoms with Gasteiger partial charge in [0.2, 0.25) is 5.91 Å². The van der Waals surface area contributed by atoms with Gasteiger partial charge in [-0.1, -0.05) is 0 Å². The normalized spacial score (nSPS) is 15.0. The molecule has 1 amide bonds. The smallest absolute Gasteiger partial charge is 0.236 e. The first-order valence-corrected chi connectivity index (χ1v) is 5.19. The van der Waals surface area contributed by atoms with Crippen LogP contribution >= 0.6 is 0 Å². The monoisotopic (exact) mass is 205 g/mol. The van der Waals surface area contributed by atoms with Crippen LogP contribution in [0.5, 0.6) is 0 Å². The van der Waals surface area contributed by atoms with Crippen LogP contribution < -0.4 is 5.73 Å². The van der Waals surface area contributed by atoms with Crippen LogP contribution in [-0.2, 0) is 11.3 Å². The van der Waals surface area contributed by atoms with Crippen LogP contribution in [0.1, 0.15) is 18.4 Å². The third-order valence-corrected chi connectivity index (χ3v) is 2.58. The standard InChI is InChI=1S/C11H15N3O/c12-7-11(15)14(10-1-2-10)8-9-3-5-13-6-4-9/h3-6,10H,1-2,7-8,12H2. The molecule has 1 fully saturated rings. The van der Waals surface area contributed by atoms with Gasteiger partial charge in [-0.2, -0.15) is 0 Å². The predicted octanol–water partition coefficient (Wildman–Crippen LogP) is 0.531. The van der Waals surface area contributed by atoms with E-state index in [0.717, 1.165) is 18.4 Å². The maximum absolute atomic E-state index is 11.6. The molecule has 0 atom stereocenters. The molecule has 1 heterocycles. The SMILES string of the molecule is NCC(=O)N(Cc1ccncc1)C1CC1. The zero-order chi connectivity index (χ0) is 10.7. The van der Waals surface area contributed by atoms with Gasteiger partial charge in [-0.15, -0.1) is 0 Å². The van der Waals surface area contributed by atoms with Gasteiger partial charge in [-0.3, -0.25) is 9.78 Å². The Morgan fingerprint density at radius 3 is 2.67 bits per heavy atom. The lowest BCUT2D eigenvalue weighted by Crippen LogP contribution is -2.37. The topological polar surface area (TPSA) is 59.2 Å². The summed E-state index contributed by atoms with van der Waals surface area (Å²) in [6.45, 7) is 0.755. The molecule has 1 aliphatic rings. The van der Waals surface area contributed by atoms with Crippen molar-refractivity contribution in [2.75, 3.05) is 6.54 Å².